The standard InChI is InChI=1S/C11H15N3O2/c1-4-6-12-10-9(11(15)16-5-2)7-13-8(3)14-10/h4,7H,1,5-6H2,2-3H3,(H,12,13,14). The zero-order valence-corrected chi connectivity index (χ0v) is 9.49. The number of nitrogens with one attached hydrogen (secondary N) is 1. The van der Waals surface area contributed by atoms with Crippen LogP contribution in [0.15, 0.2) is 18.9 Å². The van der Waals surface area contributed by atoms with Crippen LogP contribution < -0.4 is 5.32 Å². The number of nitrogens with zero attached hydrogens (tertiary/aromatic N) is 2. The van der Waals surface area contributed by atoms with Crippen LogP contribution in [0.5, 0.6) is 0 Å². The number of hydrogen-bond donors (Lipinski definition) is 1. The molecule has 0 saturated carbocycles. The summed E-state index contributed by atoms with van der Waals surface area (Å²) in [6, 6.07) is 0. The van der Waals surface area contributed by atoms with Crippen molar-refractivity contribution in [1.82, 2.24) is 9.97 Å². The van der Waals surface area contributed by atoms with E-state index in [9.17, 15) is 4.79 Å². The summed E-state index contributed by atoms with van der Waals surface area (Å²) >= 11 is 0. The van der Waals surface area contributed by atoms with Crippen LogP contribution in [0.2, 0.25) is 0 Å². The number of rotatable bonds is 5. The number of esters is 1. The van der Waals surface area contributed by atoms with Crippen molar-refractivity contribution in [3.8, 4) is 0 Å². The summed E-state index contributed by atoms with van der Waals surface area (Å²) in [5.41, 5.74) is 0.342. The van der Waals surface area contributed by atoms with Crippen LogP contribution in [-0.4, -0.2) is 29.1 Å². The second-order valence-electron chi connectivity index (χ2n) is 3.07. The molecule has 0 saturated heterocycles. The van der Waals surface area contributed by atoms with Crippen LogP contribution in [0.1, 0.15) is 23.1 Å². The van der Waals surface area contributed by atoms with Gasteiger partial charge in [-0.3, -0.25) is 0 Å². The first-order chi connectivity index (χ1) is 7.69. The quantitative estimate of drug-likeness (QED) is 0.603. The highest BCUT2D eigenvalue weighted by molar-refractivity contribution is 5.94. The minimum Gasteiger partial charge on any atom is -0.462 e. The summed E-state index contributed by atoms with van der Waals surface area (Å²) in [5, 5.41) is 2.97. The molecule has 5 nitrogen and oxygen atoms in total. The zero-order valence-electron chi connectivity index (χ0n) is 9.49. The first-order valence-electron chi connectivity index (χ1n) is 5.04. The Morgan fingerprint density at radius 1 is 1.69 bits per heavy atom. The molecule has 0 atom stereocenters. The van der Waals surface area contributed by atoms with Crippen LogP contribution in [0.4, 0.5) is 5.82 Å². The summed E-state index contributed by atoms with van der Waals surface area (Å²) in [4.78, 5) is 19.7. The lowest BCUT2D eigenvalue weighted by atomic mass is 10.3. The minimum atomic E-state index is -0.422. The van der Waals surface area contributed by atoms with Crippen LogP contribution in [0.3, 0.4) is 0 Å². The molecule has 0 fully saturated rings. The molecule has 0 aliphatic rings. The first-order valence-corrected chi connectivity index (χ1v) is 5.04. The Morgan fingerprint density at radius 2 is 2.44 bits per heavy atom. The third kappa shape index (κ3) is 3.05. The maximum Gasteiger partial charge on any atom is 0.343 e. The molecule has 0 amide bonds. The lowest BCUT2D eigenvalue weighted by Crippen LogP contribution is -2.12. The number of carbonyl (C=O) groups is 1. The largest absolute Gasteiger partial charge is 0.462 e. The summed E-state index contributed by atoms with van der Waals surface area (Å²) in [7, 11) is 0. The van der Waals surface area contributed by atoms with Gasteiger partial charge in [0.05, 0.1) is 6.61 Å². The van der Waals surface area contributed by atoms with E-state index >= 15 is 0 Å². The average Bonchev–Trinajstić information content (AvgIpc) is 2.26. The lowest BCUT2D eigenvalue weighted by Gasteiger charge is -2.08. The van der Waals surface area contributed by atoms with E-state index in [4.69, 9.17) is 4.74 Å². The van der Waals surface area contributed by atoms with Gasteiger partial charge in [-0.2, -0.15) is 0 Å². The number of carbonyl (C=O) groups excluding carboxylic acids is 1. The maximum atomic E-state index is 11.6. The van der Waals surface area contributed by atoms with Gasteiger partial charge in [0, 0.05) is 12.7 Å². The van der Waals surface area contributed by atoms with Crippen LogP contribution in [0.25, 0.3) is 0 Å². The van der Waals surface area contributed by atoms with E-state index in [2.05, 4.69) is 21.9 Å². The molecule has 1 N–H and O–H groups in total. The van der Waals surface area contributed by atoms with Crippen molar-refractivity contribution in [2.24, 2.45) is 0 Å². The van der Waals surface area contributed by atoms with Crippen LogP contribution in [0, 0.1) is 6.92 Å². The van der Waals surface area contributed by atoms with Gasteiger partial charge in [0.25, 0.3) is 0 Å². The van der Waals surface area contributed by atoms with E-state index < -0.39 is 5.97 Å². The van der Waals surface area contributed by atoms with Crippen molar-refractivity contribution in [3.63, 3.8) is 0 Å². The second kappa shape index (κ2) is 5.85. The smallest absolute Gasteiger partial charge is 0.343 e. The number of aromatic nitrogens is 2. The van der Waals surface area contributed by atoms with Crippen molar-refractivity contribution in [2.45, 2.75) is 13.8 Å². The van der Waals surface area contributed by atoms with E-state index in [1.54, 1.807) is 19.9 Å². The van der Waals surface area contributed by atoms with Gasteiger partial charge in [-0.05, 0) is 13.8 Å². The Balaban J connectivity index is 2.96. The molecule has 1 rings (SSSR count). The molecule has 5 heteroatoms. The van der Waals surface area contributed by atoms with Gasteiger partial charge in [0.2, 0.25) is 0 Å². The van der Waals surface area contributed by atoms with Crippen molar-refractivity contribution in [1.29, 1.82) is 0 Å². The predicted octanol–water partition coefficient (Wildman–Crippen LogP) is 1.56. The number of hydrogen-bond acceptors (Lipinski definition) is 5. The highest BCUT2D eigenvalue weighted by Gasteiger charge is 2.14. The van der Waals surface area contributed by atoms with Gasteiger partial charge in [0.15, 0.2) is 0 Å². The van der Waals surface area contributed by atoms with Crippen LogP contribution >= 0.6 is 0 Å². The van der Waals surface area contributed by atoms with Crippen molar-refractivity contribution in [3.05, 3.63) is 30.2 Å². The molecule has 0 aromatic carbocycles. The Bertz CT molecular complexity index is 391. The molecule has 0 spiro atoms. The third-order valence-corrected chi connectivity index (χ3v) is 1.82. The normalized spacial score (nSPS) is 9.62. The van der Waals surface area contributed by atoms with Crippen molar-refractivity contribution < 1.29 is 9.53 Å². The Labute approximate surface area is 94.6 Å². The summed E-state index contributed by atoms with van der Waals surface area (Å²) in [5.74, 6) is 0.652. The molecular formula is C11H15N3O2. The highest BCUT2D eigenvalue weighted by atomic mass is 16.5. The Morgan fingerprint density at radius 3 is 3.06 bits per heavy atom. The molecule has 0 unspecified atom stereocenters. The monoisotopic (exact) mass is 221 g/mol. The van der Waals surface area contributed by atoms with Gasteiger partial charge >= 0.3 is 5.97 Å². The van der Waals surface area contributed by atoms with Gasteiger partial charge in [-0.25, -0.2) is 14.8 Å². The fraction of sp³-hybridized carbons (Fsp3) is 0.364. The van der Waals surface area contributed by atoms with Crippen molar-refractivity contribution >= 4 is 11.8 Å². The summed E-state index contributed by atoms with van der Waals surface area (Å²) < 4.78 is 4.90. The van der Waals surface area contributed by atoms with E-state index in [1.165, 1.54) is 6.20 Å². The molecular weight excluding hydrogens is 206 g/mol. The lowest BCUT2D eigenvalue weighted by molar-refractivity contribution is 0.0526. The fourth-order valence-corrected chi connectivity index (χ4v) is 1.13. The molecule has 1 aromatic rings. The topological polar surface area (TPSA) is 64.1 Å². The van der Waals surface area contributed by atoms with Gasteiger partial charge in [0.1, 0.15) is 17.2 Å². The predicted molar refractivity (Wildman–Crippen MR) is 61.4 cm³/mol. The molecule has 16 heavy (non-hydrogen) atoms. The number of anilines is 1. The van der Waals surface area contributed by atoms with Gasteiger partial charge < -0.3 is 10.1 Å². The zero-order chi connectivity index (χ0) is 12.0. The minimum absolute atomic E-state index is 0.327. The maximum absolute atomic E-state index is 11.6. The Hall–Kier alpha value is -1.91. The molecule has 0 aliphatic carbocycles. The van der Waals surface area contributed by atoms with E-state index in [-0.39, 0.29) is 0 Å². The van der Waals surface area contributed by atoms with E-state index in [0.29, 0.717) is 30.4 Å². The number of aryl methyl sites for hydroxylation is 1. The molecule has 1 heterocycles. The van der Waals surface area contributed by atoms with Gasteiger partial charge in [-0.15, -0.1) is 6.58 Å². The molecule has 0 aliphatic heterocycles. The molecule has 1 aromatic heterocycles. The van der Waals surface area contributed by atoms with E-state index in [1.807, 2.05) is 0 Å². The summed E-state index contributed by atoms with van der Waals surface area (Å²) in [6.07, 6.45) is 3.15. The highest BCUT2D eigenvalue weighted by Crippen LogP contribution is 2.12. The second-order valence-corrected chi connectivity index (χ2v) is 3.07. The van der Waals surface area contributed by atoms with Crippen LogP contribution in [-0.2, 0) is 4.74 Å². The first kappa shape index (κ1) is 12.2. The third-order valence-electron chi connectivity index (χ3n) is 1.82. The molecule has 0 bridgehead atoms. The summed E-state index contributed by atoms with van der Waals surface area (Å²) in [6.45, 7) is 7.96. The fourth-order valence-electron chi connectivity index (χ4n) is 1.13. The van der Waals surface area contributed by atoms with Gasteiger partial charge in [-0.1, -0.05) is 6.08 Å². The Kier molecular flexibility index (Phi) is 4.44. The number of ether oxygens (including phenoxy) is 1. The molecule has 0 radical (unpaired) electrons. The SMILES string of the molecule is C=CCNc1nc(C)ncc1C(=O)OCC. The molecule has 86 valence electrons. The average molecular weight is 221 g/mol. The van der Waals surface area contributed by atoms with E-state index in [0.717, 1.165) is 0 Å². The van der Waals surface area contributed by atoms with Crippen molar-refractivity contribution in [2.75, 3.05) is 18.5 Å².